The normalized spacial score (nSPS) is 34.2. The van der Waals surface area contributed by atoms with Crippen LogP contribution < -0.4 is 16.0 Å². The molecule has 3 rings (SSSR count). The Morgan fingerprint density at radius 2 is 2.10 bits per heavy atom. The number of ether oxygens (including phenoxy) is 1. The van der Waals surface area contributed by atoms with Gasteiger partial charge in [-0.1, -0.05) is 20.8 Å². The van der Waals surface area contributed by atoms with Crippen LogP contribution >= 0.6 is 0 Å². The topological polar surface area (TPSA) is 73.1 Å². The minimum Gasteiger partial charge on any atom is -0.474 e. The number of hydrogen-bond donors (Lipinski definition) is 2. The maximum absolute atomic E-state index is 6.22. The molecule has 20 heavy (non-hydrogen) atoms. The first kappa shape index (κ1) is 13.6. The van der Waals surface area contributed by atoms with Crippen molar-refractivity contribution in [3.05, 3.63) is 11.9 Å². The number of aryl methyl sites for hydroxylation is 1. The van der Waals surface area contributed by atoms with Crippen molar-refractivity contribution in [2.45, 2.75) is 53.1 Å². The Kier molecular flexibility index (Phi) is 2.94. The van der Waals surface area contributed by atoms with Crippen LogP contribution in [0.3, 0.4) is 0 Å². The van der Waals surface area contributed by atoms with E-state index in [1.54, 1.807) is 6.07 Å². The van der Waals surface area contributed by atoms with Gasteiger partial charge in [0, 0.05) is 11.5 Å². The highest BCUT2D eigenvalue weighted by atomic mass is 16.5. The van der Waals surface area contributed by atoms with Gasteiger partial charge in [0.1, 0.15) is 17.7 Å². The number of rotatable bonds is 3. The number of hydrazine groups is 1. The SMILES string of the molecule is Cc1nc(NN)cc(OC2CC3CCC2(C)C3(C)C)n1. The number of hydrogen-bond acceptors (Lipinski definition) is 5. The summed E-state index contributed by atoms with van der Waals surface area (Å²) in [4.78, 5) is 8.57. The molecule has 3 N–H and O–H groups in total. The smallest absolute Gasteiger partial charge is 0.219 e. The van der Waals surface area contributed by atoms with E-state index in [1.165, 1.54) is 12.8 Å². The molecule has 2 aliphatic rings. The van der Waals surface area contributed by atoms with E-state index >= 15 is 0 Å². The standard InChI is InChI=1S/C15H24N4O/c1-9-17-12(19-16)8-13(18-9)20-11-7-10-5-6-15(11,4)14(10,2)3/h8,10-11H,5-7,16H2,1-4H3,(H,17,18,19). The zero-order valence-electron chi connectivity index (χ0n) is 12.7. The van der Waals surface area contributed by atoms with E-state index in [4.69, 9.17) is 10.6 Å². The van der Waals surface area contributed by atoms with Crippen LogP contribution in [0, 0.1) is 23.7 Å². The fraction of sp³-hybridized carbons (Fsp3) is 0.733. The average Bonchev–Trinajstić information content (AvgIpc) is 2.71. The third-order valence-electron chi connectivity index (χ3n) is 5.94. The first-order chi connectivity index (χ1) is 9.36. The minimum atomic E-state index is 0.229. The zero-order chi connectivity index (χ0) is 14.5. The Bertz CT molecular complexity index is 531. The average molecular weight is 276 g/mol. The van der Waals surface area contributed by atoms with E-state index in [0.717, 1.165) is 12.3 Å². The Hall–Kier alpha value is -1.36. The molecule has 0 radical (unpaired) electrons. The molecule has 2 saturated carbocycles. The number of aromatic nitrogens is 2. The van der Waals surface area contributed by atoms with Crippen molar-refractivity contribution in [3.8, 4) is 5.88 Å². The van der Waals surface area contributed by atoms with E-state index in [1.807, 2.05) is 6.92 Å². The highest BCUT2D eigenvalue weighted by molar-refractivity contribution is 5.37. The molecule has 2 bridgehead atoms. The van der Waals surface area contributed by atoms with Gasteiger partial charge in [-0.15, -0.1) is 0 Å². The van der Waals surface area contributed by atoms with Gasteiger partial charge in [-0.2, -0.15) is 4.98 Å². The monoisotopic (exact) mass is 276 g/mol. The summed E-state index contributed by atoms with van der Waals surface area (Å²) >= 11 is 0. The van der Waals surface area contributed by atoms with Gasteiger partial charge in [-0.3, -0.25) is 0 Å². The molecule has 1 aromatic rings. The van der Waals surface area contributed by atoms with Gasteiger partial charge in [0.25, 0.3) is 0 Å². The molecule has 3 unspecified atom stereocenters. The van der Waals surface area contributed by atoms with Gasteiger partial charge in [0.2, 0.25) is 5.88 Å². The van der Waals surface area contributed by atoms with Gasteiger partial charge in [-0.25, -0.2) is 10.8 Å². The number of nitrogens with two attached hydrogens (primary N) is 1. The summed E-state index contributed by atoms with van der Waals surface area (Å²) in [5.74, 6) is 8.08. The fourth-order valence-corrected chi connectivity index (χ4v) is 4.13. The molecule has 110 valence electrons. The van der Waals surface area contributed by atoms with Gasteiger partial charge < -0.3 is 10.2 Å². The molecule has 2 aliphatic carbocycles. The predicted octanol–water partition coefficient (Wildman–Crippen LogP) is 2.66. The molecule has 5 heteroatoms. The molecule has 0 aliphatic heterocycles. The lowest BCUT2D eigenvalue weighted by atomic mass is 9.70. The maximum atomic E-state index is 6.22. The van der Waals surface area contributed by atoms with Crippen LogP contribution in [0.4, 0.5) is 5.82 Å². The molecule has 0 spiro atoms. The molecule has 1 aromatic heterocycles. The van der Waals surface area contributed by atoms with Crippen molar-refractivity contribution in [1.82, 2.24) is 9.97 Å². The van der Waals surface area contributed by atoms with Crippen molar-refractivity contribution in [1.29, 1.82) is 0 Å². The first-order valence-corrected chi connectivity index (χ1v) is 7.36. The Labute approximate surface area is 120 Å². The van der Waals surface area contributed by atoms with Crippen molar-refractivity contribution in [3.63, 3.8) is 0 Å². The second-order valence-electron chi connectivity index (χ2n) is 7.00. The van der Waals surface area contributed by atoms with Gasteiger partial charge in [0.05, 0.1) is 0 Å². The van der Waals surface area contributed by atoms with Crippen LogP contribution in [-0.2, 0) is 0 Å². The van der Waals surface area contributed by atoms with Crippen LogP contribution in [0.1, 0.15) is 45.9 Å². The molecule has 1 heterocycles. The highest BCUT2D eigenvalue weighted by Crippen LogP contribution is 2.66. The van der Waals surface area contributed by atoms with Crippen LogP contribution in [0.2, 0.25) is 0 Å². The molecule has 0 saturated heterocycles. The number of anilines is 1. The molecule has 2 fully saturated rings. The Morgan fingerprint density at radius 1 is 1.35 bits per heavy atom. The quantitative estimate of drug-likeness (QED) is 0.656. The van der Waals surface area contributed by atoms with E-state index < -0.39 is 0 Å². The van der Waals surface area contributed by atoms with Crippen LogP contribution in [-0.4, -0.2) is 16.1 Å². The van der Waals surface area contributed by atoms with Crippen molar-refractivity contribution in [2.75, 3.05) is 5.43 Å². The van der Waals surface area contributed by atoms with E-state index in [-0.39, 0.29) is 11.5 Å². The molecule has 0 amide bonds. The highest BCUT2D eigenvalue weighted by Gasteiger charge is 2.62. The van der Waals surface area contributed by atoms with E-state index in [0.29, 0.717) is 22.9 Å². The third-order valence-corrected chi connectivity index (χ3v) is 5.94. The lowest BCUT2D eigenvalue weighted by molar-refractivity contribution is 0.0272. The molecular weight excluding hydrogens is 252 g/mol. The van der Waals surface area contributed by atoms with Crippen molar-refractivity contribution >= 4 is 5.82 Å². The lowest BCUT2D eigenvalue weighted by Gasteiger charge is -2.38. The minimum absolute atomic E-state index is 0.229. The summed E-state index contributed by atoms with van der Waals surface area (Å²) in [7, 11) is 0. The summed E-state index contributed by atoms with van der Waals surface area (Å²) in [6.45, 7) is 8.97. The third kappa shape index (κ3) is 1.79. The summed E-state index contributed by atoms with van der Waals surface area (Å²) in [5.41, 5.74) is 3.13. The number of nitrogens with zero attached hydrogens (tertiary/aromatic N) is 2. The number of nitrogens with one attached hydrogen (secondary N) is 1. The molecule has 0 aromatic carbocycles. The largest absolute Gasteiger partial charge is 0.474 e. The summed E-state index contributed by atoms with van der Waals surface area (Å²) < 4.78 is 6.22. The van der Waals surface area contributed by atoms with Crippen molar-refractivity contribution < 1.29 is 4.74 Å². The number of nitrogen functional groups attached to an aromatic ring is 1. The zero-order valence-corrected chi connectivity index (χ0v) is 12.7. The summed E-state index contributed by atoms with van der Waals surface area (Å²) in [6.07, 6.45) is 3.91. The van der Waals surface area contributed by atoms with Crippen LogP contribution in [0.25, 0.3) is 0 Å². The van der Waals surface area contributed by atoms with Crippen molar-refractivity contribution in [2.24, 2.45) is 22.6 Å². The Balaban J connectivity index is 1.85. The van der Waals surface area contributed by atoms with E-state index in [9.17, 15) is 0 Å². The van der Waals surface area contributed by atoms with Crippen LogP contribution in [0.15, 0.2) is 6.07 Å². The molecule has 5 nitrogen and oxygen atoms in total. The van der Waals surface area contributed by atoms with Gasteiger partial charge in [-0.05, 0) is 37.5 Å². The summed E-state index contributed by atoms with van der Waals surface area (Å²) in [6, 6.07) is 1.77. The summed E-state index contributed by atoms with van der Waals surface area (Å²) in [5, 5.41) is 0. The number of fused-ring (bicyclic) bond motifs is 2. The molecular formula is C15H24N4O. The van der Waals surface area contributed by atoms with Gasteiger partial charge in [0.15, 0.2) is 0 Å². The molecule has 3 atom stereocenters. The fourth-order valence-electron chi connectivity index (χ4n) is 4.13. The maximum Gasteiger partial charge on any atom is 0.219 e. The predicted molar refractivity (Wildman–Crippen MR) is 78.2 cm³/mol. The lowest BCUT2D eigenvalue weighted by Crippen LogP contribution is -2.39. The first-order valence-electron chi connectivity index (χ1n) is 7.36. The second-order valence-corrected chi connectivity index (χ2v) is 7.00. The van der Waals surface area contributed by atoms with Gasteiger partial charge >= 0.3 is 0 Å². The van der Waals surface area contributed by atoms with Crippen LogP contribution in [0.5, 0.6) is 5.88 Å². The Morgan fingerprint density at radius 3 is 2.65 bits per heavy atom. The van der Waals surface area contributed by atoms with E-state index in [2.05, 4.69) is 36.2 Å². The second kappa shape index (κ2) is 4.32.